The zero-order valence-electron chi connectivity index (χ0n) is 15.5. The quantitative estimate of drug-likeness (QED) is 0.422. The van der Waals surface area contributed by atoms with Gasteiger partial charge in [-0.25, -0.2) is 0 Å². The molecule has 1 unspecified atom stereocenters. The number of ether oxygens (including phenoxy) is 1. The molecule has 0 aromatic heterocycles. The standard InChI is InChI=1S/C19H37IN2O/c1-16(2)23-15-8-18-4-9-21(10-5-18)13-14-22-11-6-19(7-12-22)17(3)20/h16-19H,4-15H2,1-3H3. The number of piperidine rings is 2. The highest BCUT2D eigenvalue weighted by Crippen LogP contribution is 2.25. The van der Waals surface area contributed by atoms with Crippen molar-refractivity contribution >= 4 is 22.6 Å². The molecule has 0 aliphatic carbocycles. The van der Waals surface area contributed by atoms with Gasteiger partial charge in [0, 0.05) is 23.6 Å². The van der Waals surface area contributed by atoms with Crippen molar-refractivity contribution in [2.24, 2.45) is 11.8 Å². The SMILES string of the molecule is CC(C)OCCC1CCN(CCN2CCC(C(C)I)CC2)CC1. The average Bonchev–Trinajstić information content (AvgIpc) is 2.54. The summed E-state index contributed by atoms with van der Waals surface area (Å²) >= 11 is 2.60. The second kappa shape index (κ2) is 10.6. The van der Waals surface area contributed by atoms with E-state index in [2.05, 4.69) is 53.2 Å². The second-order valence-corrected chi connectivity index (χ2v) is 9.81. The highest BCUT2D eigenvalue weighted by molar-refractivity contribution is 14.1. The molecule has 136 valence electrons. The van der Waals surface area contributed by atoms with Crippen molar-refractivity contribution < 1.29 is 4.74 Å². The summed E-state index contributed by atoms with van der Waals surface area (Å²) in [5.41, 5.74) is 0. The molecule has 23 heavy (non-hydrogen) atoms. The summed E-state index contributed by atoms with van der Waals surface area (Å²) in [6.45, 7) is 15.4. The lowest BCUT2D eigenvalue weighted by atomic mass is 9.93. The summed E-state index contributed by atoms with van der Waals surface area (Å²) in [4.78, 5) is 5.38. The molecule has 3 nitrogen and oxygen atoms in total. The largest absolute Gasteiger partial charge is 0.379 e. The molecule has 1 atom stereocenters. The maximum absolute atomic E-state index is 5.70. The van der Waals surface area contributed by atoms with E-state index in [-0.39, 0.29) is 0 Å². The maximum Gasteiger partial charge on any atom is 0.0518 e. The molecule has 0 bridgehead atoms. The van der Waals surface area contributed by atoms with Gasteiger partial charge in [-0.2, -0.15) is 0 Å². The van der Waals surface area contributed by atoms with Gasteiger partial charge in [0.15, 0.2) is 0 Å². The van der Waals surface area contributed by atoms with Gasteiger partial charge < -0.3 is 14.5 Å². The third kappa shape index (κ3) is 7.57. The zero-order valence-corrected chi connectivity index (χ0v) is 17.6. The Morgan fingerprint density at radius 2 is 1.43 bits per heavy atom. The molecule has 2 saturated heterocycles. The van der Waals surface area contributed by atoms with E-state index in [1.54, 1.807) is 0 Å². The van der Waals surface area contributed by atoms with Crippen LogP contribution in [-0.4, -0.2) is 65.7 Å². The maximum atomic E-state index is 5.70. The molecular formula is C19H37IN2O. The van der Waals surface area contributed by atoms with Crippen molar-refractivity contribution in [2.45, 2.75) is 62.9 Å². The Labute approximate surface area is 157 Å². The summed E-state index contributed by atoms with van der Waals surface area (Å²) in [6.07, 6.45) is 7.19. The summed E-state index contributed by atoms with van der Waals surface area (Å²) in [5, 5.41) is 0. The Morgan fingerprint density at radius 1 is 0.913 bits per heavy atom. The van der Waals surface area contributed by atoms with Crippen LogP contribution in [0.4, 0.5) is 0 Å². The van der Waals surface area contributed by atoms with Gasteiger partial charge in [-0.05, 0) is 84.0 Å². The Hall–Kier alpha value is 0.610. The predicted octanol–water partition coefficient (Wildman–Crippen LogP) is 4.05. The highest BCUT2D eigenvalue weighted by atomic mass is 127. The minimum Gasteiger partial charge on any atom is -0.379 e. The fourth-order valence-corrected chi connectivity index (χ4v) is 4.61. The van der Waals surface area contributed by atoms with E-state index in [4.69, 9.17) is 4.74 Å². The Balaban J connectivity index is 1.53. The number of nitrogens with zero attached hydrogens (tertiary/aromatic N) is 2. The van der Waals surface area contributed by atoms with E-state index in [9.17, 15) is 0 Å². The minimum absolute atomic E-state index is 0.384. The van der Waals surface area contributed by atoms with Crippen molar-refractivity contribution in [1.29, 1.82) is 0 Å². The monoisotopic (exact) mass is 436 g/mol. The minimum atomic E-state index is 0.384. The fraction of sp³-hybridized carbons (Fsp3) is 1.00. The molecule has 0 aromatic rings. The number of hydrogen-bond acceptors (Lipinski definition) is 3. The molecular weight excluding hydrogens is 399 g/mol. The summed E-state index contributed by atoms with van der Waals surface area (Å²) < 4.78 is 6.54. The lowest BCUT2D eigenvalue weighted by molar-refractivity contribution is 0.0580. The first kappa shape index (κ1) is 19.9. The van der Waals surface area contributed by atoms with Gasteiger partial charge in [-0.1, -0.05) is 29.5 Å². The number of hydrogen-bond donors (Lipinski definition) is 0. The third-order valence-corrected chi connectivity index (χ3v) is 6.72. The van der Waals surface area contributed by atoms with Gasteiger partial charge in [0.25, 0.3) is 0 Å². The molecule has 2 rings (SSSR count). The zero-order chi connectivity index (χ0) is 16.7. The number of rotatable bonds is 8. The van der Waals surface area contributed by atoms with E-state index >= 15 is 0 Å². The molecule has 2 aliphatic heterocycles. The molecule has 0 radical (unpaired) electrons. The number of halogens is 1. The third-order valence-electron chi connectivity index (χ3n) is 5.70. The van der Waals surface area contributed by atoms with Gasteiger partial charge in [0.05, 0.1) is 6.10 Å². The van der Waals surface area contributed by atoms with Crippen molar-refractivity contribution in [2.75, 3.05) is 45.9 Å². The Kier molecular flexibility index (Phi) is 9.16. The molecule has 0 amide bonds. The van der Waals surface area contributed by atoms with Gasteiger partial charge in [0.2, 0.25) is 0 Å². The van der Waals surface area contributed by atoms with Crippen LogP contribution in [0.2, 0.25) is 0 Å². The average molecular weight is 436 g/mol. The second-order valence-electron chi connectivity index (χ2n) is 7.85. The lowest BCUT2D eigenvalue weighted by Gasteiger charge is -2.36. The van der Waals surface area contributed by atoms with E-state index in [1.807, 2.05) is 0 Å². The van der Waals surface area contributed by atoms with Crippen LogP contribution in [0.5, 0.6) is 0 Å². The molecule has 2 heterocycles. The van der Waals surface area contributed by atoms with Crippen LogP contribution in [0, 0.1) is 11.8 Å². The first-order valence-electron chi connectivity index (χ1n) is 9.75. The summed E-state index contributed by atoms with van der Waals surface area (Å²) in [6, 6.07) is 0. The van der Waals surface area contributed by atoms with Crippen LogP contribution >= 0.6 is 22.6 Å². The van der Waals surface area contributed by atoms with E-state index in [0.717, 1.165) is 22.4 Å². The molecule has 4 heteroatoms. The lowest BCUT2D eigenvalue weighted by Crippen LogP contribution is -2.43. The van der Waals surface area contributed by atoms with Crippen molar-refractivity contribution in [3.8, 4) is 0 Å². The topological polar surface area (TPSA) is 15.7 Å². The molecule has 0 spiro atoms. The molecule has 0 saturated carbocycles. The Bertz CT molecular complexity index is 308. The fourth-order valence-electron chi connectivity index (χ4n) is 3.89. The smallest absolute Gasteiger partial charge is 0.0518 e. The van der Waals surface area contributed by atoms with Crippen LogP contribution in [0.15, 0.2) is 0 Å². The van der Waals surface area contributed by atoms with Crippen molar-refractivity contribution in [1.82, 2.24) is 9.80 Å². The normalized spacial score (nSPS) is 24.4. The van der Waals surface area contributed by atoms with Gasteiger partial charge in [-0.3, -0.25) is 0 Å². The number of alkyl halides is 1. The number of likely N-dealkylation sites (tertiary alicyclic amines) is 2. The Morgan fingerprint density at radius 3 is 1.91 bits per heavy atom. The summed E-state index contributed by atoms with van der Waals surface area (Å²) in [5.74, 6) is 1.85. The summed E-state index contributed by atoms with van der Waals surface area (Å²) in [7, 11) is 0. The first-order valence-corrected chi connectivity index (χ1v) is 11.0. The highest BCUT2D eigenvalue weighted by Gasteiger charge is 2.23. The van der Waals surface area contributed by atoms with Crippen LogP contribution in [0.3, 0.4) is 0 Å². The van der Waals surface area contributed by atoms with Gasteiger partial charge in [0.1, 0.15) is 0 Å². The van der Waals surface area contributed by atoms with Crippen molar-refractivity contribution in [3.05, 3.63) is 0 Å². The van der Waals surface area contributed by atoms with E-state index in [1.165, 1.54) is 71.4 Å². The molecule has 2 fully saturated rings. The first-order chi connectivity index (χ1) is 11.0. The van der Waals surface area contributed by atoms with Crippen molar-refractivity contribution in [3.63, 3.8) is 0 Å². The van der Waals surface area contributed by atoms with Gasteiger partial charge >= 0.3 is 0 Å². The molecule has 0 N–H and O–H groups in total. The van der Waals surface area contributed by atoms with Crippen LogP contribution in [0.25, 0.3) is 0 Å². The molecule has 0 aromatic carbocycles. The van der Waals surface area contributed by atoms with Crippen LogP contribution in [-0.2, 0) is 4.74 Å². The van der Waals surface area contributed by atoms with Crippen LogP contribution in [0.1, 0.15) is 52.9 Å². The van der Waals surface area contributed by atoms with Gasteiger partial charge in [-0.15, -0.1) is 0 Å². The predicted molar refractivity (Wildman–Crippen MR) is 108 cm³/mol. The molecule has 2 aliphatic rings. The van der Waals surface area contributed by atoms with Crippen LogP contribution < -0.4 is 0 Å². The van der Waals surface area contributed by atoms with E-state index < -0.39 is 0 Å². The van der Waals surface area contributed by atoms with E-state index in [0.29, 0.717) is 6.10 Å².